The molecule has 2 rings (SSSR count). The monoisotopic (exact) mass is 403 g/mol. The van der Waals surface area contributed by atoms with Crippen molar-refractivity contribution in [1.29, 1.82) is 0 Å². The Morgan fingerprint density at radius 3 is 2.48 bits per heavy atom. The first kappa shape index (κ1) is 22.1. The molecule has 0 amide bonds. The van der Waals surface area contributed by atoms with E-state index < -0.39 is 17.5 Å². The summed E-state index contributed by atoms with van der Waals surface area (Å²) < 4.78 is 7.16. The number of aryl methyl sites for hydroxylation is 1. The van der Waals surface area contributed by atoms with Crippen molar-refractivity contribution in [3.8, 4) is 0 Å². The minimum absolute atomic E-state index is 0.0758. The first-order chi connectivity index (χ1) is 13.7. The van der Waals surface area contributed by atoms with Crippen molar-refractivity contribution in [2.24, 2.45) is 0 Å². The molecule has 0 aliphatic rings. The van der Waals surface area contributed by atoms with Gasteiger partial charge in [0.25, 0.3) is 5.69 Å². The van der Waals surface area contributed by atoms with Crippen LogP contribution >= 0.6 is 0 Å². The maximum Gasteiger partial charge on any atom is 0.340 e. The van der Waals surface area contributed by atoms with Crippen molar-refractivity contribution >= 4 is 23.1 Å². The largest absolute Gasteiger partial charge is 0.454 e. The number of Topliss-reactive ketones (excluding diaryl/α,β-unsaturated/α-hetero) is 1. The molecule has 0 spiro atoms. The lowest BCUT2D eigenvalue weighted by molar-refractivity contribution is -0.384. The highest BCUT2D eigenvalue weighted by molar-refractivity contribution is 6.02. The number of nitrogens with one attached hydrogen (secondary N) is 1. The number of carbonyl (C=O) groups excluding carboxylic acids is 2. The summed E-state index contributed by atoms with van der Waals surface area (Å²) in [5.41, 5.74) is 2.12. The number of ether oxygens (including phenoxy) is 1. The fourth-order valence-electron chi connectivity index (χ4n) is 3.30. The number of hydrogen-bond donors (Lipinski definition) is 2. The van der Waals surface area contributed by atoms with Gasteiger partial charge in [0, 0.05) is 47.4 Å². The van der Waals surface area contributed by atoms with Gasteiger partial charge in [-0.1, -0.05) is 0 Å². The van der Waals surface area contributed by atoms with Gasteiger partial charge in [-0.15, -0.1) is 0 Å². The van der Waals surface area contributed by atoms with E-state index in [2.05, 4.69) is 5.32 Å². The number of nitro groups is 1. The second-order valence-electron chi connectivity index (χ2n) is 6.89. The number of aromatic nitrogens is 1. The summed E-state index contributed by atoms with van der Waals surface area (Å²) in [4.78, 5) is 35.5. The Morgan fingerprint density at radius 2 is 1.93 bits per heavy atom. The van der Waals surface area contributed by atoms with Crippen LogP contribution in [0.4, 0.5) is 11.4 Å². The van der Waals surface area contributed by atoms with E-state index in [1.54, 1.807) is 6.07 Å². The van der Waals surface area contributed by atoms with Gasteiger partial charge >= 0.3 is 5.97 Å². The molecular weight excluding hydrogens is 378 g/mol. The van der Waals surface area contributed by atoms with Crippen LogP contribution in [0.15, 0.2) is 24.3 Å². The molecule has 0 fully saturated rings. The summed E-state index contributed by atoms with van der Waals surface area (Å²) in [5, 5.41) is 22.8. The zero-order chi connectivity index (χ0) is 21.7. The molecule has 0 aliphatic heterocycles. The molecule has 156 valence electrons. The zero-order valence-electron chi connectivity index (χ0n) is 16.9. The first-order valence-electron chi connectivity index (χ1n) is 9.19. The molecule has 29 heavy (non-hydrogen) atoms. The van der Waals surface area contributed by atoms with Crippen molar-refractivity contribution in [3.05, 3.63) is 56.9 Å². The summed E-state index contributed by atoms with van der Waals surface area (Å²) in [7, 11) is 0. The van der Waals surface area contributed by atoms with Gasteiger partial charge in [0.05, 0.1) is 17.1 Å². The number of carbonyl (C=O) groups is 2. The molecule has 0 unspecified atom stereocenters. The molecule has 9 nitrogen and oxygen atoms in total. The van der Waals surface area contributed by atoms with Gasteiger partial charge in [-0.05, 0) is 39.8 Å². The van der Waals surface area contributed by atoms with Crippen LogP contribution in [0, 0.1) is 24.0 Å². The number of anilines is 1. The van der Waals surface area contributed by atoms with Crippen LogP contribution in [-0.4, -0.2) is 46.1 Å². The fourth-order valence-corrected chi connectivity index (χ4v) is 3.30. The van der Waals surface area contributed by atoms with E-state index in [0.29, 0.717) is 5.56 Å². The molecule has 0 aliphatic carbocycles. The van der Waals surface area contributed by atoms with E-state index in [9.17, 15) is 19.7 Å². The predicted molar refractivity (Wildman–Crippen MR) is 108 cm³/mol. The summed E-state index contributed by atoms with van der Waals surface area (Å²) in [6, 6.07) is 5.62. The van der Waals surface area contributed by atoms with Gasteiger partial charge in [-0.3, -0.25) is 14.9 Å². The Bertz CT molecular complexity index is 933. The number of nitrogens with zero attached hydrogens (tertiary/aromatic N) is 2. The average Bonchev–Trinajstić information content (AvgIpc) is 2.98. The Kier molecular flexibility index (Phi) is 7.11. The molecule has 9 heteroatoms. The van der Waals surface area contributed by atoms with E-state index in [1.165, 1.54) is 12.1 Å². The number of ketones is 1. The van der Waals surface area contributed by atoms with Crippen LogP contribution in [0.3, 0.4) is 0 Å². The van der Waals surface area contributed by atoms with Crippen LogP contribution in [0.25, 0.3) is 0 Å². The first-order valence-corrected chi connectivity index (χ1v) is 9.19. The fraction of sp³-hybridized carbons (Fsp3) is 0.400. The van der Waals surface area contributed by atoms with E-state index in [4.69, 9.17) is 9.84 Å². The van der Waals surface area contributed by atoms with Gasteiger partial charge in [-0.25, -0.2) is 4.79 Å². The highest BCUT2D eigenvalue weighted by atomic mass is 16.6. The highest BCUT2D eigenvalue weighted by Crippen LogP contribution is 2.24. The van der Waals surface area contributed by atoms with Crippen molar-refractivity contribution in [1.82, 2.24) is 4.57 Å². The molecular formula is C20H25N3O6. The smallest absolute Gasteiger partial charge is 0.340 e. The third kappa shape index (κ3) is 5.00. The van der Waals surface area contributed by atoms with E-state index in [-0.39, 0.29) is 41.9 Å². The molecule has 0 atom stereocenters. The lowest BCUT2D eigenvalue weighted by Gasteiger charge is -2.13. The molecule has 0 bridgehead atoms. The quantitative estimate of drug-likeness (QED) is 0.285. The third-order valence-corrected chi connectivity index (χ3v) is 4.50. The maximum atomic E-state index is 12.6. The van der Waals surface area contributed by atoms with Gasteiger partial charge < -0.3 is 19.7 Å². The Hall–Kier alpha value is -3.20. The molecule has 1 heterocycles. The minimum Gasteiger partial charge on any atom is -0.454 e. The van der Waals surface area contributed by atoms with Crippen molar-refractivity contribution in [2.75, 3.05) is 25.1 Å². The summed E-state index contributed by atoms with van der Waals surface area (Å²) in [6.07, 6.45) is 0. The van der Waals surface area contributed by atoms with Gasteiger partial charge in [0.15, 0.2) is 6.61 Å². The molecule has 1 aromatic carbocycles. The molecule has 2 aromatic rings. The lowest BCUT2D eigenvalue weighted by Crippen LogP contribution is -2.17. The summed E-state index contributed by atoms with van der Waals surface area (Å²) >= 11 is 0. The molecule has 0 radical (unpaired) electrons. The number of aliphatic hydroxyl groups is 1. The Labute approximate surface area is 168 Å². The Morgan fingerprint density at radius 1 is 1.24 bits per heavy atom. The van der Waals surface area contributed by atoms with Crippen LogP contribution in [0.5, 0.6) is 0 Å². The van der Waals surface area contributed by atoms with E-state index in [0.717, 1.165) is 17.5 Å². The predicted octanol–water partition coefficient (Wildman–Crippen LogP) is 3.04. The second-order valence-corrected chi connectivity index (χ2v) is 6.89. The summed E-state index contributed by atoms with van der Waals surface area (Å²) in [6.45, 7) is 7.24. The van der Waals surface area contributed by atoms with Crippen molar-refractivity contribution < 1.29 is 24.4 Å². The zero-order valence-corrected chi connectivity index (χ0v) is 16.9. The van der Waals surface area contributed by atoms with Crippen LogP contribution in [-0.2, 0) is 4.74 Å². The molecule has 0 saturated heterocycles. The number of rotatable bonds is 9. The molecule has 2 N–H and O–H groups in total. The lowest BCUT2D eigenvalue weighted by atomic mass is 10.1. The van der Waals surface area contributed by atoms with Crippen LogP contribution in [0.1, 0.15) is 52.0 Å². The van der Waals surface area contributed by atoms with Gasteiger partial charge in [0.2, 0.25) is 5.78 Å². The molecule has 1 aromatic heterocycles. The normalized spacial score (nSPS) is 10.8. The van der Waals surface area contributed by atoms with Gasteiger partial charge in [0.1, 0.15) is 0 Å². The highest BCUT2D eigenvalue weighted by Gasteiger charge is 2.21. The SMILES string of the molecule is Cc1cc(C(=O)COC(=O)c2cc([N+](=O)[O-])ccc2NCCO)c(C)n1C(C)C. The van der Waals surface area contributed by atoms with Crippen LogP contribution in [0.2, 0.25) is 0 Å². The summed E-state index contributed by atoms with van der Waals surface area (Å²) in [5.74, 6) is -1.21. The van der Waals surface area contributed by atoms with Crippen LogP contribution < -0.4 is 5.32 Å². The second kappa shape index (κ2) is 9.33. The number of benzene rings is 1. The maximum absolute atomic E-state index is 12.6. The topological polar surface area (TPSA) is 124 Å². The number of hydrogen-bond acceptors (Lipinski definition) is 7. The van der Waals surface area contributed by atoms with Gasteiger partial charge in [-0.2, -0.15) is 0 Å². The van der Waals surface area contributed by atoms with Crippen molar-refractivity contribution in [2.45, 2.75) is 33.7 Å². The average molecular weight is 403 g/mol. The van der Waals surface area contributed by atoms with Crippen molar-refractivity contribution in [3.63, 3.8) is 0 Å². The molecule has 0 saturated carbocycles. The number of esters is 1. The minimum atomic E-state index is -0.861. The third-order valence-electron chi connectivity index (χ3n) is 4.50. The Balaban J connectivity index is 2.20. The van der Waals surface area contributed by atoms with E-state index in [1.807, 2.05) is 32.3 Å². The number of aliphatic hydroxyl groups excluding tert-OH is 1. The van der Waals surface area contributed by atoms with E-state index >= 15 is 0 Å². The number of nitro benzene ring substituents is 1. The standard InChI is InChI=1S/C20H25N3O6/c1-12(2)22-13(3)9-16(14(22)4)19(25)11-29-20(26)17-10-15(23(27)28)5-6-18(17)21-7-8-24/h5-6,9-10,12,21,24H,7-8,11H2,1-4H3. The number of non-ortho nitro benzene ring substituents is 1.